The van der Waals surface area contributed by atoms with Crippen molar-refractivity contribution in [1.82, 2.24) is 55.0 Å². The highest BCUT2D eigenvalue weighted by Crippen LogP contribution is 2.03. The highest BCUT2D eigenvalue weighted by molar-refractivity contribution is 7.60. The van der Waals surface area contributed by atoms with Gasteiger partial charge in [-0.1, -0.05) is 67.6 Å². The quantitative estimate of drug-likeness (QED) is 0.0215. The zero-order valence-corrected chi connectivity index (χ0v) is 40.1. The van der Waals surface area contributed by atoms with E-state index in [-0.39, 0.29) is 57.1 Å². The van der Waals surface area contributed by atoms with Gasteiger partial charge in [-0.15, -0.1) is 12.4 Å². The number of hydrogen-bond acceptors (Lipinski definition) is 12. The van der Waals surface area contributed by atoms with E-state index in [4.69, 9.17) is 49.4 Å². The second-order valence-electron chi connectivity index (χ2n) is 11.6. The highest BCUT2D eigenvalue weighted by Gasteiger charge is 2.04. The molecular weight excluding hydrogens is 902 g/mol. The van der Waals surface area contributed by atoms with Gasteiger partial charge in [0.2, 0.25) is 5.24 Å². The van der Waals surface area contributed by atoms with Crippen molar-refractivity contribution < 1.29 is 24.2 Å². The van der Waals surface area contributed by atoms with Gasteiger partial charge in [-0.3, -0.25) is 23.9 Å². The van der Waals surface area contributed by atoms with Gasteiger partial charge in [-0.05, 0) is 22.7 Å². The van der Waals surface area contributed by atoms with Crippen LogP contribution in [-0.2, 0) is 68.3 Å². The number of aryl methyl sites for hydroxylation is 1. The van der Waals surface area contributed by atoms with Crippen LogP contribution in [0, 0.1) is 0 Å². The molecule has 5 aromatic rings. The van der Waals surface area contributed by atoms with Gasteiger partial charge in [-0.25, -0.2) is 40.3 Å². The van der Waals surface area contributed by atoms with Crippen molar-refractivity contribution in [2.24, 2.45) is 27.0 Å². The smallest absolute Gasteiger partial charge is 0.343 e. The summed E-state index contributed by atoms with van der Waals surface area (Å²) in [5.41, 5.74) is 3.33. The molecule has 337 valence electrons. The average molecular weight is 948 g/mol. The predicted molar refractivity (Wildman–Crippen MR) is 284 cm³/mol. The molecular formula is C31H46B15Cl2N12O8. The molecule has 0 bridgehead atoms. The number of carbonyl (C=O) groups is 2. The van der Waals surface area contributed by atoms with Crippen molar-refractivity contribution in [1.29, 1.82) is 0 Å². The van der Waals surface area contributed by atoms with Crippen molar-refractivity contribution in [2.45, 2.75) is 39.8 Å². The molecule has 3 heterocycles. The Kier molecular flexibility index (Phi) is 55.8. The number of hydrazine groups is 1. The first-order valence-electron chi connectivity index (χ1n) is 18.7. The molecule has 2 amide bonds. The third-order valence-corrected chi connectivity index (χ3v) is 6.73. The number of nitrogens with two attached hydrogens (primary N) is 1. The Balaban J connectivity index is -0.000000168. The van der Waals surface area contributed by atoms with Crippen molar-refractivity contribution in [2.75, 3.05) is 13.7 Å². The monoisotopic (exact) mass is 949 g/mol. The van der Waals surface area contributed by atoms with E-state index < -0.39 is 18.0 Å². The Morgan fingerprint density at radius 3 is 1.31 bits per heavy atom. The van der Waals surface area contributed by atoms with Gasteiger partial charge in [0.15, 0.2) is 11.6 Å². The number of aliphatic hydroxyl groups excluding tert-OH is 1. The van der Waals surface area contributed by atoms with Crippen LogP contribution in [-0.4, -0.2) is 187 Å². The van der Waals surface area contributed by atoms with Crippen LogP contribution in [0.4, 0.5) is 4.79 Å². The Bertz CT molecular complexity index is 2030. The van der Waals surface area contributed by atoms with Crippen LogP contribution in [0.5, 0.6) is 0 Å². The fourth-order valence-electron chi connectivity index (χ4n) is 3.46. The molecule has 25 radical (unpaired) electrons. The van der Waals surface area contributed by atoms with E-state index in [1.807, 2.05) is 73.0 Å². The topological polar surface area (TPSA) is 275 Å². The fraction of sp³-hybridized carbons (Fsp3) is 0.355. The summed E-state index contributed by atoms with van der Waals surface area (Å²) in [5.74, 6) is 6.36. The lowest BCUT2D eigenvalue weighted by atomic mass is 8.97. The minimum Gasteiger partial charge on any atom is -0.388 e. The molecule has 0 fully saturated rings. The molecule has 5 rings (SSSR count). The molecule has 2 aromatic carbocycles. The zero-order chi connectivity index (χ0) is 51.5. The van der Waals surface area contributed by atoms with E-state index in [2.05, 4.69) is 95.9 Å². The Labute approximate surface area is 426 Å². The number of halogens is 2. The number of benzene rings is 2. The van der Waals surface area contributed by atoms with Gasteiger partial charge in [-0.2, -0.15) is 15.3 Å². The van der Waals surface area contributed by atoms with Crippen LogP contribution in [0.15, 0.2) is 75.0 Å². The summed E-state index contributed by atoms with van der Waals surface area (Å²) in [5, 5.41) is 28.3. The number of hydrogen-bond donors (Lipinski definition) is 7. The first-order chi connectivity index (χ1) is 31.3. The van der Waals surface area contributed by atoms with E-state index in [1.165, 1.54) is 34.9 Å². The van der Waals surface area contributed by atoms with Gasteiger partial charge < -0.3 is 19.9 Å². The number of rotatable bonds is 11. The molecule has 0 aliphatic carbocycles. The number of amides is 2. The number of aromatic amines is 3. The van der Waals surface area contributed by atoms with Crippen LogP contribution < -0.4 is 33.7 Å². The molecule has 0 saturated heterocycles. The standard InChI is InChI=1S/C11H13N3O2.C9H9ClO2.C5H9N3O.C4H7N3O2.C2H7N3O.B5.B4.B3.B2.B.ClH/c1-14-10(12-13-11(14)15)8-16-7-9-5-3-2-4-6-9;10-9(11)7-12-6-8-4-2-1-3-5-8;1-3-4-6-7-5(9)8(4)2;1-7-3(2-8)5-6-4(7)9;1-4-2(6)5-3;1-4-5(2)3;1-4(2)3;1-3-2;1-2;;/h2-6H,7-8H2,1H3,(H,13,15);1-5H,6-7H2;3H2,1-2H3,(H,7,9);8H,2H2,1H3,(H,6,9);3H2,1H3,(H2,4,5,6);;;;;;1H. The molecule has 37 heteroatoms. The lowest BCUT2D eigenvalue weighted by molar-refractivity contribution is -0.116. The third kappa shape index (κ3) is 42.9. The number of aromatic nitrogens is 9. The van der Waals surface area contributed by atoms with E-state index in [1.54, 1.807) is 14.1 Å². The Hall–Kier alpha value is -4.41. The SMILES string of the molecule is CCc1n[nH]c(=O)n1C.CNC(=O)NN.Cl.Cn1c(CO)n[nH]c1=O.Cn1c(COCc2ccccc2)n[nH]c1=O.O=C(Cl)COCc1ccccc1.[B].[B]B([B])[B].[B][B].[B][B]B([B])[B].[B][B][B]. The maximum Gasteiger partial charge on any atom is 0.343 e. The number of aliphatic hydroxyl groups is 1. The number of carbonyl (C=O) groups excluding carboxylic acids is 2. The van der Waals surface area contributed by atoms with Crippen molar-refractivity contribution in [3.05, 3.63) is 121 Å². The van der Waals surface area contributed by atoms with Crippen molar-refractivity contribution in [3.63, 3.8) is 0 Å². The summed E-state index contributed by atoms with van der Waals surface area (Å²) in [6.45, 7) is 2.98. The molecule has 0 saturated carbocycles. The minimum atomic E-state index is -0.667. The summed E-state index contributed by atoms with van der Waals surface area (Å²) in [6.07, 6.45) is -0.343. The molecule has 0 aliphatic heterocycles. The van der Waals surface area contributed by atoms with Gasteiger partial charge in [0.05, 0.1) is 13.2 Å². The zero-order valence-electron chi connectivity index (χ0n) is 38.5. The van der Waals surface area contributed by atoms with Gasteiger partial charge in [0, 0.05) is 147 Å². The molecule has 0 atom stereocenters. The van der Waals surface area contributed by atoms with Crippen LogP contribution in [0.2, 0.25) is 0 Å². The number of nitrogens with one attached hydrogen (secondary N) is 5. The van der Waals surface area contributed by atoms with Crippen molar-refractivity contribution in [3.8, 4) is 0 Å². The first-order valence-corrected chi connectivity index (χ1v) is 19.1. The summed E-state index contributed by atoms with van der Waals surface area (Å²) in [4.78, 5) is 52.3. The summed E-state index contributed by atoms with van der Waals surface area (Å²) in [6, 6.07) is 19.1. The number of ether oxygens (including phenoxy) is 2. The largest absolute Gasteiger partial charge is 0.388 e. The predicted octanol–water partition coefficient (Wildman–Crippen LogP) is -5.44. The number of nitrogens with zero attached hydrogens (tertiary/aromatic N) is 6. The molecule has 0 aliphatic rings. The maximum absolute atomic E-state index is 11.1. The molecule has 0 unspecified atom stereocenters. The molecule has 0 spiro atoms. The Morgan fingerprint density at radius 2 is 1.09 bits per heavy atom. The molecule has 8 N–H and O–H groups in total. The van der Waals surface area contributed by atoms with Gasteiger partial charge >= 0.3 is 23.1 Å². The van der Waals surface area contributed by atoms with E-state index in [0.717, 1.165) is 30.4 Å². The summed E-state index contributed by atoms with van der Waals surface area (Å²) < 4.78 is 14.6. The van der Waals surface area contributed by atoms with Crippen LogP contribution in [0.25, 0.3) is 0 Å². The van der Waals surface area contributed by atoms with Gasteiger partial charge in [0.1, 0.15) is 25.6 Å². The second kappa shape index (κ2) is 50.5. The molecule has 68 heavy (non-hydrogen) atoms. The number of urea groups is 1. The first kappa shape index (κ1) is 75.1. The van der Waals surface area contributed by atoms with Crippen LogP contribution in [0.3, 0.4) is 0 Å². The molecule has 20 nitrogen and oxygen atoms in total. The van der Waals surface area contributed by atoms with E-state index >= 15 is 0 Å². The van der Waals surface area contributed by atoms with Crippen LogP contribution >= 0.6 is 24.0 Å². The van der Waals surface area contributed by atoms with E-state index in [0.29, 0.717) is 31.5 Å². The van der Waals surface area contributed by atoms with Gasteiger partial charge in [0.25, 0.3) is 0 Å². The molecule has 3 aromatic heterocycles. The summed E-state index contributed by atoms with van der Waals surface area (Å²) >= 11 is 5.08. The lowest BCUT2D eigenvalue weighted by Crippen LogP contribution is -2.37. The Morgan fingerprint density at radius 1 is 0.750 bits per heavy atom. The highest BCUT2D eigenvalue weighted by atomic mass is 35.5. The van der Waals surface area contributed by atoms with Crippen molar-refractivity contribution >= 4 is 148 Å². The number of H-pyrrole nitrogens is 3. The summed E-state index contributed by atoms with van der Waals surface area (Å²) in [7, 11) is 54.2. The van der Waals surface area contributed by atoms with Crippen LogP contribution in [0.1, 0.15) is 35.5 Å². The minimum absolute atomic E-state index is 0. The normalized spacial score (nSPS) is 8.53. The fourth-order valence-corrected chi connectivity index (χ4v) is 3.53. The van der Waals surface area contributed by atoms with E-state index in [9.17, 15) is 24.0 Å². The third-order valence-electron chi connectivity index (χ3n) is 6.63. The second-order valence-corrected chi connectivity index (χ2v) is 12.0. The maximum atomic E-state index is 11.1. The lowest BCUT2D eigenvalue weighted by Gasteiger charge is -2.03. The average Bonchev–Trinajstić information content (AvgIpc) is 3.94.